The van der Waals surface area contributed by atoms with E-state index in [0.717, 1.165) is 12.8 Å². The van der Waals surface area contributed by atoms with E-state index in [1.54, 1.807) is 25.5 Å². The lowest BCUT2D eigenvalue weighted by Crippen LogP contribution is -2.45. The maximum Gasteiger partial charge on any atom is 0.326 e. The van der Waals surface area contributed by atoms with Crippen LogP contribution in [0, 0.1) is 0 Å². The number of carbonyl (C=O) groups excluding carboxylic acids is 3. The number of amides is 3. The third kappa shape index (κ3) is 5.53. The predicted octanol–water partition coefficient (Wildman–Crippen LogP) is -0.167. The maximum atomic E-state index is 11.8. The number of aromatic nitrogens is 2. The lowest BCUT2D eigenvalue weighted by molar-refractivity contribution is -0.153. The fraction of sp³-hybridized carbons (Fsp3) is 0.500. The summed E-state index contributed by atoms with van der Waals surface area (Å²) >= 11 is 0. The van der Waals surface area contributed by atoms with E-state index in [4.69, 9.17) is 4.74 Å². The molecule has 1 saturated carbocycles. The highest BCUT2D eigenvalue weighted by Gasteiger charge is 2.26. The average molecular weight is 321 g/mol. The van der Waals surface area contributed by atoms with Crippen LogP contribution in [0.15, 0.2) is 18.5 Å². The molecular formula is C14H19N5O4. The second-order valence-corrected chi connectivity index (χ2v) is 5.27. The standard InChI is InChI=1S/C14H19N5O4/c1-9(12(21)18-14(22)17-10-4-5-10)23-11(20)8-19(2)13-15-6-3-7-16-13/h3,6-7,9-10H,4-5,8H2,1-2H3,(H2,17,18,21,22). The molecule has 1 unspecified atom stereocenters. The summed E-state index contributed by atoms with van der Waals surface area (Å²) in [6, 6.07) is 1.23. The number of hydrogen-bond donors (Lipinski definition) is 2. The third-order valence-corrected chi connectivity index (χ3v) is 3.09. The molecule has 0 aromatic carbocycles. The Hall–Kier alpha value is -2.71. The number of likely N-dealkylation sites (N-methyl/N-ethyl adjacent to an activating group) is 1. The van der Waals surface area contributed by atoms with Gasteiger partial charge in [0.2, 0.25) is 5.95 Å². The van der Waals surface area contributed by atoms with E-state index in [0.29, 0.717) is 5.95 Å². The highest BCUT2D eigenvalue weighted by atomic mass is 16.5. The van der Waals surface area contributed by atoms with Gasteiger partial charge in [0.05, 0.1) is 0 Å². The summed E-state index contributed by atoms with van der Waals surface area (Å²) < 4.78 is 5.00. The summed E-state index contributed by atoms with van der Waals surface area (Å²) in [6.07, 6.45) is 3.87. The number of esters is 1. The molecule has 1 fully saturated rings. The van der Waals surface area contributed by atoms with Crippen LogP contribution in [-0.4, -0.2) is 53.6 Å². The molecule has 1 aliphatic rings. The fourth-order valence-corrected chi connectivity index (χ4v) is 1.70. The second kappa shape index (κ2) is 7.52. The van der Waals surface area contributed by atoms with Gasteiger partial charge in [-0.3, -0.25) is 14.9 Å². The zero-order valence-electron chi connectivity index (χ0n) is 13.0. The van der Waals surface area contributed by atoms with Gasteiger partial charge in [-0.25, -0.2) is 14.8 Å². The monoisotopic (exact) mass is 321 g/mol. The number of nitrogens with zero attached hydrogens (tertiary/aromatic N) is 3. The van der Waals surface area contributed by atoms with Gasteiger partial charge in [0.25, 0.3) is 5.91 Å². The van der Waals surface area contributed by atoms with Gasteiger partial charge in [0.15, 0.2) is 6.10 Å². The molecule has 1 aliphatic carbocycles. The molecule has 0 radical (unpaired) electrons. The molecule has 3 amide bonds. The Morgan fingerprint density at radius 2 is 2.00 bits per heavy atom. The van der Waals surface area contributed by atoms with Crippen LogP contribution in [0.2, 0.25) is 0 Å². The Morgan fingerprint density at radius 3 is 2.61 bits per heavy atom. The molecule has 2 N–H and O–H groups in total. The molecule has 2 rings (SSSR count). The zero-order valence-corrected chi connectivity index (χ0v) is 13.0. The molecule has 1 heterocycles. The molecule has 124 valence electrons. The summed E-state index contributed by atoms with van der Waals surface area (Å²) in [6.45, 7) is 1.28. The number of anilines is 1. The van der Waals surface area contributed by atoms with Crippen LogP contribution in [-0.2, 0) is 14.3 Å². The van der Waals surface area contributed by atoms with Crippen molar-refractivity contribution in [2.75, 3.05) is 18.5 Å². The van der Waals surface area contributed by atoms with Crippen LogP contribution in [0.1, 0.15) is 19.8 Å². The maximum absolute atomic E-state index is 11.8. The number of ether oxygens (including phenoxy) is 1. The minimum absolute atomic E-state index is 0.115. The van der Waals surface area contributed by atoms with Crippen LogP contribution in [0.4, 0.5) is 10.7 Å². The van der Waals surface area contributed by atoms with E-state index in [1.807, 2.05) is 0 Å². The Morgan fingerprint density at radius 1 is 1.35 bits per heavy atom. The summed E-state index contributed by atoms with van der Waals surface area (Å²) in [7, 11) is 1.63. The van der Waals surface area contributed by atoms with Gasteiger partial charge < -0.3 is 15.0 Å². The van der Waals surface area contributed by atoms with Crippen molar-refractivity contribution in [3.05, 3.63) is 18.5 Å². The fourth-order valence-electron chi connectivity index (χ4n) is 1.70. The third-order valence-electron chi connectivity index (χ3n) is 3.09. The smallest absolute Gasteiger partial charge is 0.326 e. The first-order chi connectivity index (χ1) is 11.0. The minimum Gasteiger partial charge on any atom is -0.451 e. The van der Waals surface area contributed by atoms with Crippen LogP contribution in [0.25, 0.3) is 0 Å². The van der Waals surface area contributed by atoms with Crippen LogP contribution < -0.4 is 15.5 Å². The first kappa shape index (κ1) is 16.7. The van der Waals surface area contributed by atoms with E-state index >= 15 is 0 Å². The van der Waals surface area contributed by atoms with Gasteiger partial charge in [-0.2, -0.15) is 0 Å². The Labute approximate surface area is 133 Å². The molecular weight excluding hydrogens is 302 g/mol. The van der Waals surface area contributed by atoms with Gasteiger partial charge >= 0.3 is 12.0 Å². The molecule has 9 nitrogen and oxygen atoms in total. The largest absolute Gasteiger partial charge is 0.451 e. The molecule has 0 bridgehead atoms. The number of carbonyl (C=O) groups is 3. The van der Waals surface area contributed by atoms with E-state index in [1.165, 1.54) is 11.8 Å². The van der Waals surface area contributed by atoms with Crippen molar-refractivity contribution >= 4 is 23.9 Å². The molecule has 9 heteroatoms. The number of nitrogens with one attached hydrogen (secondary N) is 2. The van der Waals surface area contributed by atoms with Crippen LogP contribution in [0.3, 0.4) is 0 Å². The second-order valence-electron chi connectivity index (χ2n) is 5.27. The number of imide groups is 1. The number of rotatable bonds is 6. The van der Waals surface area contributed by atoms with Crippen molar-refractivity contribution in [1.29, 1.82) is 0 Å². The summed E-state index contributed by atoms with van der Waals surface area (Å²) in [5.74, 6) is -0.925. The van der Waals surface area contributed by atoms with Crippen molar-refractivity contribution < 1.29 is 19.1 Å². The van der Waals surface area contributed by atoms with Gasteiger partial charge in [-0.05, 0) is 25.8 Å². The summed E-state index contributed by atoms with van der Waals surface area (Å²) in [4.78, 5) is 44.5. The predicted molar refractivity (Wildman–Crippen MR) is 80.6 cm³/mol. The molecule has 1 atom stereocenters. The topological polar surface area (TPSA) is 114 Å². The first-order valence-electron chi connectivity index (χ1n) is 7.24. The normalized spacial score (nSPS) is 14.5. The summed E-state index contributed by atoms with van der Waals surface area (Å²) in [5.41, 5.74) is 0. The van der Waals surface area contributed by atoms with Crippen LogP contribution >= 0.6 is 0 Å². The van der Waals surface area contributed by atoms with Gasteiger partial charge in [-0.15, -0.1) is 0 Å². The van der Waals surface area contributed by atoms with Crippen molar-refractivity contribution in [3.8, 4) is 0 Å². The molecule has 23 heavy (non-hydrogen) atoms. The van der Waals surface area contributed by atoms with E-state index < -0.39 is 24.0 Å². The van der Waals surface area contributed by atoms with Gasteiger partial charge in [0.1, 0.15) is 6.54 Å². The quantitative estimate of drug-likeness (QED) is 0.699. The minimum atomic E-state index is -1.07. The molecule has 1 aromatic rings. The SMILES string of the molecule is CC(OC(=O)CN(C)c1ncccn1)C(=O)NC(=O)NC1CC1. The van der Waals surface area contributed by atoms with Crippen molar-refractivity contribution in [2.45, 2.75) is 31.9 Å². The summed E-state index contributed by atoms with van der Waals surface area (Å²) in [5, 5.41) is 4.75. The van der Waals surface area contributed by atoms with Gasteiger partial charge in [0, 0.05) is 25.5 Å². The van der Waals surface area contributed by atoms with Crippen molar-refractivity contribution in [2.24, 2.45) is 0 Å². The Balaban J connectivity index is 1.74. The lowest BCUT2D eigenvalue weighted by Gasteiger charge is -2.18. The van der Waals surface area contributed by atoms with Crippen molar-refractivity contribution in [3.63, 3.8) is 0 Å². The average Bonchev–Trinajstić information content (AvgIpc) is 3.31. The number of urea groups is 1. The van der Waals surface area contributed by atoms with E-state index in [-0.39, 0.29) is 12.6 Å². The molecule has 1 aromatic heterocycles. The number of hydrogen-bond acceptors (Lipinski definition) is 7. The van der Waals surface area contributed by atoms with Crippen molar-refractivity contribution in [1.82, 2.24) is 20.6 Å². The van der Waals surface area contributed by atoms with E-state index in [2.05, 4.69) is 20.6 Å². The molecule has 0 spiro atoms. The Kier molecular flexibility index (Phi) is 5.45. The highest BCUT2D eigenvalue weighted by Crippen LogP contribution is 2.18. The first-order valence-corrected chi connectivity index (χ1v) is 7.24. The Bertz CT molecular complexity index is 576. The molecule has 0 aliphatic heterocycles. The van der Waals surface area contributed by atoms with Crippen LogP contribution in [0.5, 0.6) is 0 Å². The van der Waals surface area contributed by atoms with E-state index in [9.17, 15) is 14.4 Å². The zero-order chi connectivity index (χ0) is 16.8. The van der Waals surface area contributed by atoms with Gasteiger partial charge in [-0.1, -0.05) is 0 Å². The lowest BCUT2D eigenvalue weighted by atomic mass is 10.4. The highest BCUT2D eigenvalue weighted by molar-refractivity contribution is 5.97. The molecule has 0 saturated heterocycles.